The molecule has 3 N–H and O–H groups in total. The summed E-state index contributed by atoms with van der Waals surface area (Å²) in [5.74, 6) is 1.36. The molecule has 6 nitrogen and oxygen atoms in total. The number of carbonyl (C=O) groups excluding carboxylic acids is 1. The molecule has 142 valence electrons. The number of aryl methyl sites for hydroxylation is 2. The van der Waals surface area contributed by atoms with Crippen LogP contribution < -0.4 is 11.1 Å². The average molecular weight is 385 g/mol. The van der Waals surface area contributed by atoms with Gasteiger partial charge in [-0.1, -0.05) is 25.9 Å². The normalized spacial score (nSPS) is 17.1. The number of nitrogens with two attached hydrogens (primary N) is 1. The van der Waals surface area contributed by atoms with E-state index >= 15 is 0 Å². The third-order valence-electron chi connectivity index (χ3n) is 5.39. The molecule has 0 fully saturated rings. The molecule has 3 aromatic heterocycles. The molecule has 1 atom stereocenters. The molecule has 0 aromatic carbocycles. The zero-order chi connectivity index (χ0) is 19.3. The highest BCUT2D eigenvalue weighted by Crippen LogP contribution is 2.40. The lowest BCUT2D eigenvalue weighted by atomic mass is 9.71. The number of rotatable bonds is 2. The number of hydrogen-bond donors (Lipinski definition) is 2. The highest BCUT2D eigenvalue weighted by Gasteiger charge is 2.30. The van der Waals surface area contributed by atoms with E-state index in [9.17, 15) is 4.79 Å². The molecule has 0 saturated carbocycles. The number of nitrogens with one attached hydrogen (secondary N) is 1. The van der Waals surface area contributed by atoms with E-state index in [2.05, 4.69) is 37.3 Å². The predicted octanol–water partition coefficient (Wildman–Crippen LogP) is 4.58. The summed E-state index contributed by atoms with van der Waals surface area (Å²) in [4.78, 5) is 18.7. The molecule has 7 heteroatoms. The minimum atomic E-state index is -0.283. The van der Waals surface area contributed by atoms with Gasteiger partial charge in [0.25, 0.3) is 5.91 Å². The Hall–Kier alpha value is -2.41. The average Bonchev–Trinajstić information content (AvgIpc) is 3.15. The van der Waals surface area contributed by atoms with Crippen molar-refractivity contribution in [1.82, 2.24) is 10.1 Å². The second-order valence-corrected chi connectivity index (χ2v) is 9.37. The van der Waals surface area contributed by atoms with E-state index in [1.54, 1.807) is 13.0 Å². The van der Waals surface area contributed by atoms with Gasteiger partial charge in [-0.3, -0.25) is 4.79 Å². The van der Waals surface area contributed by atoms with Gasteiger partial charge in [0.05, 0.1) is 5.69 Å². The Morgan fingerprint density at radius 1 is 1.37 bits per heavy atom. The Labute approximate surface area is 162 Å². The van der Waals surface area contributed by atoms with Crippen LogP contribution in [-0.4, -0.2) is 16.0 Å². The molecular formula is C20H24N4O2S. The van der Waals surface area contributed by atoms with Crippen molar-refractivity contribution in [1.29, 1.82) is 0 Å². The van der Waals surface area contributed by atoms with Crippen molar-refractivity contribution in [2.75, 3.05) is 11.1 Å². The Kier molecular flexibility index (Phi) is 4.22. The van der Waals surface area contributed by atoms with Gasteiger partial charge in [0.1, 0.15) is 15.5 Å². The fraction of sp³-hybridized carbons (Fsp3) is 0.450. The molecule has 4 rings (SSSR count). The maximum absolute atomic E-state index is 12.6. The quantitative estimate of drug-likeness (QED) is 0.674. The standard InChI is InChI=1S/C20H24N4O2S/c1-10-7-15(24-26-10)23-18(25)17-16(21)13-9-11-8-12(20(2,3)4)5-6-14(11)22-19(13)27-17/h7,9,12H,5-6,8,21H2,1-4H3,(H,23,24,25). The number of nitrogen functional groups attached to an aromatic ring is 1. The number of hydrogen-bond acceptors (Lipinski definition) is 6. The van der Waals surface area contributed by atoms with E-state index in [4.69, 9.17) is 15.2 Å². The molecule has 1 unspecified atom stereocenters. The maximum Gasteiger partial charge on any atom is 0.269 e. The lowest BCUT2D eigenvalue weighted by Crippen LogP contribution is -2.27. The zero-order valence-electron chi connectivity index (χ0n) is 16.0. The fourth-order valence-corrected chi connectivity index (χ4v) is 4.69. The van der Waals surface area contributed by atoms with Gasteiger partial charge >= 0.3 is 0 Å². The van der Waals surface area contributed by atoms with Crippen LogP contribution in [0.3, 0.4) is 0 Å². The lowest BCUT2D eigenvalue weighted by Gasteiger charge is -2.34. The summed E-state index contributed by atoms with van der Waals surface area (Å²) in [6, 6.07) is 3.81. The van der Waals surface area contributed by atoms with E-state index < -0.39 is 0 Å². The second kappa shape index (κ2) is 6.34. The van der Waals surface area contributed by atoms with Crippen molar-refractivity contribution < 1.29 is 9.32 Å². The lowest BCUT2D eigenvalue weighted by molar-refractivity contribution is 0.103. The van der Waals surface area contributed by atoms with Crippen LogP contribution in [0.2, 0.25) is 0 Å². The van der Waals surface area contributed by atoms with Crippen LogP contribution in [0, 0.1) is 18.3 Å². The molecule has 3 aromatic rings. The molecule has 3 heterocycles. The van der Waals surface area contributed by atoms with E-state index in [1.807, 2.05) is 0 Å². The number of nitrogens with zero attached hydrogens (tertiary/aromatic N) is 2. The summed E-state index contributed by atoms with van der Waals surface area (Å²) in [6.45, 7) is 8.65. The molecular weight excluding hydrogens is 360 g/mol. The number of carbonyl (C=O) groups is 1. The highest BCUT2D eigenvalue weighted by atomic mass is 32.1. The number of pyridine rings is 1. The topological polar surface area (TPSA) is 94.0 Å². The molecule has 0 aliphatic heterocycles. The van der Waals surface area contributed by atoms with Crippen molar-refractivity contribution in [2.45, 2.75) is 47.0 Å². The SMILES string of the molecule is Cc1cc(NC(=O)c2sc3nc4c(cc3c2N)CC(C(C)(C)C)CC4)no1. The second-order valence-electron chi connectivity index (χ2n) is 8.37. The van der Waals surface area contributed by atoms with Crippen LogP contribution in [0.4, 0.5) is 11.5 Å². The summed E-state index contributed by atoms with van der Waals surface area (Å²) in [7, 11) is 0. The van der Waals surface area contributed by atoms with Crippen LogP contribution in [0.15, 0.2) is 16.7 Å². The third-order valence-corrected chi connectivity index (χ3v) is 6.50. The maximum atomic E-state index is 12.6. The van der Waals surface area contributed by atoms with Crippen molar-refractivity contribution in [2.24, 2.45) is 11.3 Å². The predicted molar refractivity (Wildman–Crippen MR) is 108 cm³/mol. The van der Waals surface area contributed by atoms with Crippen molar-refractivity contribution in [3.8, 4) is 0 Å². The van der Waals surface area contributed by atoms with Gasteiger partial charge in [-0.25, -0.2) is 4.98 Å². The number of thiophene rings is 1. The molecule has 0 bridgehead atoms. The third kappa shape index (κ3) is 3.32. The minimum absolute atomic E-state index is 0.271. The van der Waals surface area contributed by atoms with Gasteiger partial charge < -0.3 is 15.6 Å². The first kappa shape index (κ1) is 18.0. The molecule has 0 spiro atoms. The summed E-state index contributed by atoms with van der Waals surface area (Å²) < 4.78 is 4.99. The highest BCUT2D eigenvalue weighted by molar-refractivity contribution is 7.21. The summed E-state index contributed by atoms with van der Waals surface area (Å²) in [6.07, 6.45) is 3.14. The van der Waals surface area contributed by atoms with Crippen LogP contribution in [0.25, 0.3) is 10.2 Å². The Morgan fingerprint density at radius 2 is 2.15 bits per heavy atom. The zero-order valence-corrected chi connectivity index (χ0v) is 16.9. The van der Waals surface area contributed by atoms with Gasteiger partial charge in [-0.05, 0) is 49.1 Å². The molecule has 0 saturated heterocycles. The Balaban J connectivity index is 1.67. The first-order valence-corrected chi connectivity index (χ1v) is 9.99. The summed E-state index contributed by atoms with van der Waals surface area (Å²) >= 11 is 1.33. The number of anilines is 2. The van der Waals surface area contributed by atoms with Gasteiger partial charge in [0, 0.05) is 17.1 Å². The number of amides is 1. The van der Waals surface area contributed by atoms with E-state index in [1.165, 1.54) is 16.9 Å². The Bertz CT molecular complexity index is 1030. The summed E-state index contributed by atoms with van der Waals surface area (Å²) in [5.41, 5.74) is 9.48. The van der Waals surface area contributed by atoms with Gasteiger partial charge in [0.2, 0.25) is 0 Å². The summed E-state index contributed by atoms with van der Waals surface area (Å²) in [5, 5.41) is 7.41. The number of aromatic nitrogens is 2. The fourth-order valence-electron chi connectivity index (χ4n) is 3.70. The van der Waals surface area contributed by atoms with Crippen molar-refractivity contribution in [3.63, 3.8) is 0 Å². The van der Waals surface area contributed by atoms with Crippen LogP contribution in [0.1, 0.15) is 53.9 Å². The largest absolute Gasteiger partial charge is 0.397 e. The van der Waals surface area contributed by atoms with Crippen molar-refractivity contribution >= 4 is 39.0 Å². The minimum Gasteiger partial charge on any atom is -0.397 e. The molecule has 1 aliphatic carbocycles. The van der Waals surface area contributed by atoms with Crippen LogP contribution in [0.5, 0.6) is 0 Å². The Morgan fingerprint density at radius 3 is 2.81 bits per heavy atom. The van der Waals surface area contributed by atoms with E-state index in [-0.39, 0.29) is 11.3 Å². The van der Waals surface area contributed by atoms with Crippen molar-refractivity contribution in [3.05, 3.63) is 34.0 Å². The van der Waals surface area contributed by atoms with Gasteiger partial charge in [-0.15, -0.1) is 11.3 Å². The van der Waals surface area contributed by atoms with Gasteiger partial charge in [-0.2, -0.15) is 0 Å². The molecule has 27 heavy (non-hydrogen) atoms. The van der Waals surface area contributed by atoms with Crippen LogP contribution in [-0.2, 0) is 12.8 Å². The molecule has 1 aliphatic rings. The van der Waals surface area contributed by atoms with E-state index in [0.29, 0.717) is 28.1 Å². The van der Waals surface area contributed by atoms with E-state index in [0.717, 1.165) is 35.2 Å². The monoisotopic (exact) mass is 384 g/mol. The molecule has 1 amide bonds. The smallest absolute Gasteiger partial charge is 0.269 e. The first-order valence-electron chi connectivity index (χ1n) is 9.18. The number of fused-ring (bicyclic) bond motifs is 2. The van der Waals surface area contributed by atoms with Gasteiger partial charge in [0.15, 0.2) is 5.82 Å². The molecule has 0 radical (unpaired) electrons. The first-order chi connectivity index (χ1) is 12.7. The van der Waals surface area contributed by atoms with Crippen LogP contribution >= 0.6 is 11.3 Å².